The number of nitrogens with zero attached hydrogens (tertiary/aromatic N) is 2. The molecule has 0 atom stereocenters. The molecule has 1 heterocycles. The first-order valence-corrected chi connectivity index (χ1v) is 13.8. The average molecular weight is 476 g/mol. The Labute approximate surface area is 196 Å². The maximum absolute atomic E-state index is 12.6. The molecule has 0 unspecified atom stereocenters. The lowest BCUT2D eigenvalue weighted by atomic mass is 10.1. The summed E-state index contributed by atoms with van der Waals surface area (Å²) in [6.45, 7) is 7.09. The van der Waals surface area contributed by atoms with E-state index in [-0.39, 0.29) is 10.7 Å². The zero-order chi connectivity index (χ0) is 23.0. The highest BCUT2D eigenvalue weighted by atomic mass is 32.2. The monoisotopic (exact) mass is 475 g/mol. The fourth-order valence-corrected chi connectivity index (χ4v) is 5.82. The Kier molecular flexibility index (Phi) is 9.16. The van der Waals surface area contributed by atoms with Gasteiger partial charge in [-0.2, -0.15) is 0 Å². The van der Waals surface area contributed by atoms with Crippen LogP contribution in [0.4, 0.5) is 5.69 Å². The number of Topliss-reactive ketones (excluding diaryl/α,β-unsaturated/α-hetero) is 1. The van der Waals surface area contributed by atoms with Crippen LogP contribution in [0.25, 0.3) is 0 Å². The number of anilines is 1. The molecule has 2 N–H and O–H groups in total. The third-order valence-electron chi connectivity index (χ3n) is 5.66. The summed E-state index contributed by atoms with van der Waals surface area (Å²) >= 11 is 1.45. The summed E-state index contributed by atoms with van der Waals surface area (Å²) in [5.41, 5.74) is 1.70. The standard InChI is InChI=1S/C24H33N3O3S2/c1-2-18-31-23-12-11-20(19-24(23)32(25,29)30)22(28)10-6-7-13-26-14-16-27(17-15-26)21-8-4-3-5-9-21/h3-5,8-9,11-12,19H,2,6-7,10,13-18H2,1H3,(H2,25,29,30). The second kappa shape index (κ2) is 11.8. The maximum atomic E-state index is 12.6. The van der Waals surface area contributed by atoms with Crippen molar-refractivity contribution in [2.45, 2.75) is 42.4 Å². The van der Waals surface area contributed by atoms with E-state index in [9.17, 15) is 13.2 Å². The number of ketones is 1. The van der Waals surface area contributed by atoms with Gasteiger partial charge in [-0.05, 0) is 55.8 Å². The molecule has 0 aliphatic carbocycles. The number of sulfonamides is 1. The summed E-state index contributed by atoms with van der Waals surface area (Å²) in [4.78, 5) is 18.2. The Hall–Kier alpha value is -1.87. The van der Waals surface area contributed by atoms with E-state index in [1.165, 1.54) is 23.5 Å². The third-order valence-corrected chi connectivity index (χ3v) is 8.02. The number of carbonyl (C=O) groups is 1. The van der Waals surface area contributed by atoms with Gasteiger partial charge in [-0.3, -0.25) is 9.69 Å². The molecule has 0 bridgehead atoms. The molecule has 1 aliphatic rings. The number of primary sulfonamides is 1. The van der Waals surface area contributed by atoms with Gasteiger partial charge in [-0.15, -0.1) is 11.8 Å². The molecule has 0 aromatic heterocycles. The molecule has 6 nitrogen and oxygen atoms in total. The topological polar surface area (TPSA) is 83.7 Å². The molecular formula is C24H33N3O3S2. The predicted molar refractivity (Wildman–Crippen MR) is 132 cm³/mol. The Balaban J connectivity index is 1.45. The lowest BCUT2D eigenvalue weighted by Gasteiger charge is -2.36. The van der Waals surface area contributed by atoms with E-state index in [4.69, 9.17) is 5.14 Å². The number of hydrogen-bond acceptors (Lipinski definition) is 6. The maximum Gasteiger partial charge on any atom is 0.239 e. The van der Waals surface area contributed by atoms with Crippen LogP contribution in [0, 0.1) is 0 Å². The van der Waals surface area contributed by atoms with Crippen molar-refractivity contribution in [2.24, 2.45) is 5.14 Å². The molecule has 1 aliphatic heterocycles. The minimum absolute atomic E-state index is 0.0316. The van der Waals surface area contributed by atoms with Gasteiger partial charge in [0.2, 0.25) is 10.0 Å². The Bertz CT molecular complexity index is 989. The van der Waals surface area contributed by atoms with E-state index in [0.717, 1.165) is 57.7 Å². The number of carbonyl (C=O) groups excluding carboxylic acids is 1. The first kappa shape index (κ1) is 24.8. The molecule has 2 aromatic rings. The van der Waals surface area contributed by atoms with Crippen LogP contribution < -0.4 is 10.0 Å². The number of thioether (sulfide) groups is 1. The molecule has 174 valence electrons. The molecule has 32 heavy (non-hydrogen) atoms. The summed E-state index contributed by atoms with van der Waals surface area (Å²) in [7, 11) is -3.87. The van der Waals surface area contributed by atoms with Gasteiger partial charge in [0.05, 0.1) is 4.90 Å². The van der Waals surface area contributed by atoms with Gasteiger partial charge in [-0.25, -0.2) is 13.6 Å². The lowest BCUT2D eigenvalue weighted by molar-refractivity contribution is 0.0977. The lowest BCUT2D eigenvalue weighted by Crippen LogP contribution is -2.46. The van der Waals surface area contributed by atoms with Gasteiger partial charge in [0.15, 0.2) is 5.78 Å². The van der Waals surface area contributed by atoms with Crippen molar-refractivity contribution in [2.75, 3.05) is 43.4 Å². The van der Waals surface area contributed by atoms with Crippen LogP contribution >= 0.6 is 11.8 Å². The molecule has 3 rings (SSSR count). The zero-order valence-corrected chi connectivity index (χ0v) is 20.3. The van der Waals surface area contributed by atoms with Crippen molar-refractivity contribution in [3.63, 3.8) is 0 Å². The largest absolute Gasteiger partial charge is 0.369 e. The van der Waals surface area contributed by atoms with Crippen molar-refractivity contribution in [3.8, 4) is 0 Å². The average Bonchev–Trinajstić information content (AvgIpc) is 2.80. The Morgan fingerprint density at radius 2 is 1.75 bits per heavy atom. The smallest absolute Gasteiger partial charge is 0.239 e. The summed E-state index contributed by atoms with van der Waals surface area (Å²) < 4.78 is 24.0. The van der Waals surface area contributed by atoms with Crippen molar-refractivity contribution >= 4 is 33.3 Å². The third kappa shape index (κ3) is 7.07. The number of hydrogen-bond donors (Lipinski definition) is 1. The van der Waals surface area contributed by atoms with Crippen molar-refractivity contribution in [1.82, 2.24) is 4.90 Å². The molecule has 0 saturated carbocycles. The van der Waals surface area contributed by atoms with Crippen LogP contribution in [0.5, 0.6) is 0 Å². The van der Waals surface area contributed by atoms with E-state index in [2.05, 4.69) is 34.1 Å². The van der Waals surface area contributed by atoms with Crippen LogP contribution in [0.2, 0.25) is 0 Å². The molecular weight excluding hydrogens is 442 g/mol. The summed E-state index contributed by atoms with van der Waals surface area (Å²) in [6, 6.07) is 15.4. The van der Waals surface area contributed by atoms with Crippen molar-refractivity contribution in [1.29, 1.82) is 0 Å². The van der Waals surface area contributed by atoms with Crippen LogP contribution in [0.3, 0.4) is 0 Å². The molecule has 8 heteroatoms. The number of piperazine rings is 1. The van der Waals surface area contributed by atoms with Crippen molar-refractivity contribution in [3.05, 3.63) is 54.1 Å². The molecule has 0 radical (unpaired) electrons. The summed E-state index contributed by atoms with van der Waals surface area (Å²) in [5.74, 6) is 0.769. The Morgan fingerprint density at radius 3 is 2.41 bits per heavy atom. The van der Waals surface area contributed by atoms with E-state index < -0.39 is 10.0 Å². The molecule has 2 aromatic carbocycles. The molecule has 0 amide bonds. The number of benzene rings is 2. The molecule has 1 saturated heterocycles. The van der Waals surface area contributed by atoms with E-state index >= 15 is 0 Å². The zero-order valence-electron chi connectivity index (χ0n) is 18.7. The predicted octanol–water partition coefficient (Wildman–Crippen LogP) is 4.01. The normalized spacial score (nSPS) is 15.1. The minimum Gasteiger partial charge on any atom is -0.369 e. The number of unbranched alkanes of at least 4 members (excludes halogenated alkanes) is 1. The molecule has 0 spiro atoms. The van der Waals surface area contributed by atoms with Crippen LogP contribution in [-0.2, 0) is 10.0 Å². The fourth-order valence-electron chi connectivity index (χ4n) is 3.87. The quantitative estimate of drug-likeness (QED) is 0.300. The molecule has 1 fully saturated rings. The van der Waals surface area contributed by atoms with Gasteiger partial charge < -0.3 is 4.90 Å². The highest BCUT2D eigenvalue weighted by Gasteiger charge is 2.19. The van der Waals surface area contributed by atoms with Crippen LogP contribution in [-0.4, -0.2) is 57.6 Å². The van der Waals surface area contributed by atoms with E-state index in [1.807, 2.05) is 13.0 Å². The number of rotatable bonds is 11. The first-order chi connectivity index (χ1) is 15.4. The first-order valence-electron chi connectivity index (χ1n) is 11.2. The van der Waals surface area contributed by atoms with E-state index in [0.29, 0.717) is 16.9 Å². The second-order valence-electron chi connectivity index (χ2n) is 8.10. The van der Waals surface area contributed by atoms with Gasteiger partial charge >= 0.3 is 0 Å². The fraction of sp³-hybridized carbons (Fsp3) is 0.458. The van der Waals surface area contributed by atoms with Gasteiger partial charge in [0.25, 0.3) is 0 Å². The summed E-state index contributed by atoms with van der Waals surface area (Å²) in [5, 5.41) is 5.39. The highest BCUT2D eigenvalue weighted by molar-refractivity contribution is 8.00. The second-order valence-corrected chi connectivity index (χ2v) is 10.8. The SMILES string of the molecule is CCCSc1ccc(C(=O)CCCCN2CCN(c3ccccc3)CC2)cc1S(N)(=O)=O. The minimum atomic E-state index is -3.87. The number of nitrogens with two attached hydrogens (primary N) is 1. The van der Waals surface area contributed by atoms with Crippen molar-refractivity contribution < 1.29 is 13.2 Å². The van der Waals surface area contributed by atoms with Gasteiger partial charge in [-0.1, -0.05) is 31.2 Å². The number of para-hydroxylation sites is 1. The summed E-state index contributed by atoms with van der Waals surface area (Å²) in [6.07, 6.45) is 3.07. The highest BCUT2D eigenvalue weighted by Crippen LogP contribution is 2.28. The van der Waals surface area contributed by atoms with Gasteiger partial charge in [0.1, 0.15) is 0 Å². The van der Waals surface area contributed by atoms with Crippen LogP contribution in [0.1, 0.15) is 43.0 Å². The van der Waals surface area contributed by atoms with Gasteiger partial charge in [0, 0.05) is 48.7 Å². The van der Waals surface area contributed by atoms with E-state index in [1.54, 1.807) is 12.1 Å². The Morgan fingerprint density at radius 1 is 1.03 bits per heavy atom. The van der Waals surface area contributed by atoms with Crippen LogP contribution in [0.15, 0.2) is 58.3 Å².